The van der Waals surface area contributed by atoms with Crippen molar-refractivity contribution >= 4 is 11.8 Å². The molecule has 0 aromatic heterocycles. The zero-order valence-corrected chi connectivity index (χ0v) is 14.4. The molecule has 1 aromatic carbocycles. The molecule has 1 aromatic rings. The van der Waals surface area contributed by atoms with Gasteiger partial charge in [0.1, 0.15) is 6.04 Å². The second-order valence-electron chi connectivity index (χ2n) is 6.52. The van der Waals surface area contributed by atoms with E-state index in [-0.39, 0.29) is 12.0 Å². The van der Waals surface area contributed by atoms with Crippen molar-refractivity contribution < 1.29 is 24.3 Å². The van der Waals surface area contributed by atoms with Crippen LogP contribution in [0.2, 0.25) is 0 Å². The van der Waals surface area contributed by atoms with Crippen molar-refractivity contribution in [1.82, 2.24) is 10.4 Å². The molecule has 136 valence electrons. The Labute approximate surface area is 146 Å². The zero-order chi connectivity index (χ0) is 17.8. The molecule has 0 bridgehead atoms. The molecule has 2 fully saturated rings. The number of amides is 2. The van der Waals surface area contributed by atoms with Crippen LogP contribution in [0.3, 0.4) is 0 Å². The van der Waals surface area contributed by atoms with Gasteiger partial charge in [-0.2, -0.15) is 0 Å². The van der Waals surface area contributed by atoms with Crippen LogP contribution in [0, 0.1) is 0 Å². The second kappa shape index (κ2) is 7.74. The number of nitrogens with zero attached hydrogens (tertiary/aromatic N) is 1. The van der Waals surface area contributed by atoms with Gasteiger partial charge in [-0.15, -0.1) is 0 Å². The lowest BCUT2D eigenvalue weighted by atomic mass is 10.1. The van der Waals surface area contributed by atoms with Gasteiger partial charge in [0.15, 0.2) is 11.5 Å². The minimum absolute atomic E-state index is 0.152. The fraction of sp³-hybridized carbons (Fsp3) is 0.556. The first kappa shape index (κ1) is 17.5. The van der Waals surface area contributed by atoms with E-state index in [0.717, 1.165) is 32.1 Å². The molecule has 2 aliphatic rings. The molecule has 2 amide bonds. The minimum Gasteiger partial charge on any atom is -0.493 e. The average molecular weight is 348 g/mol. The molecule has 7 nitrogen and oxygen atoms in total. The standard InChI is InChI=1S/C18H24N2O5/c1-24-15-9-8-12(11-16(15)25-13-5-2-3-6-13)18(22)20-10-4-7-14(20)17(21)19-23/h8-9,11,13-14,23H,2-7,10H2,1H3,(H,19,21)/t14-/m0/s1. The predicted molar refractivity (Wildman–Crippen MR) is 89.9 cm³/mol. The third-order valence-electron chi connectivity index (χ3n) is 4.93. The molecule has 2 N–H and O–H groups in total. The van der Waals surface area contributed by atoms with E-state index in [1.807, 2.05) is 0 Å². The number of hydrogen-bond acceptors (Lipinski definition) is 5. The number of carbonyl (C=O) groups excluding carboxylic acids is 2. The highest BCUT2D eigenvalue weighted by atomic mass is 16.5. The molecule has 1 saturated carbocycles. The number of benzene rings is 1. The van der Waals surface area contributed by atoms with Crippen LogP contribution in [0.4, 0.5) is 0 Å². The summed E-state index contributed by atoms with van der Waals surface area (Å²) in [6.07, 6.45) is 5.73. The molecule has 1 aliphatic carbocycles. The number of methoxy groups -OCH3 is 1. The van der Waals surface area contributed by atoms with E-state index < -0.39 is 11.9 Å². The van der Waals surface area contributed by atoms with Crippen molar-refractivity contribution in [3.63, 3.8) is 0 Å². The Morgan fingerprint density at radius 2 is 1.92 bits per heavy atom. The molecular weight excluding hydrogens is 324 g/mol. The van der Waals surface area contributed by atoms with Crippen molar-refractivity contribution in [3.05, 3.63) is 23.8 Å². The van der Waals surface area contributed by atoms with E-state index in [0.29, 0.717) is 30.0 Å². The van der Waals surface area contributed by atoms with Gasteiger partial charge in [-0.1, -0.05) is 0 Å². The van der Waals surface area contributed by atoms with Crippen LogP contribution in [-0.4, -0.2) is 47.7 Å². The monoisotopic (exact) mass is 348 g/mol. The maximum Gasteiger partial charge on any atom is 0.266 e. The summed E-state index contributed by atoms with van der Waals surface area (Å²) in [5.74, 6) is 0.351. The summed E-state index contributed by atoms with van der Waals surface area (Å²) in [6, 6.07) is 4.44. The van der Waals surface area contributed by atoms with Crippen LogP contribution in [0.15, 0.2) is 18.2 Å². The van der Waals surface area contributed by atoms with Crippen molar-refractivity contribution in [3.8, 4) is 11.5 Å². The van der Waals surface area contributed by atoms with E-state index in [2.05, 4.69) is 0 Å². The van der Waals surface area contributed by atoms with Gasteiger partial charge >= 0.3 is 0 Å². The highest BCUT2D eigenvalue weighted by Gasteiger charge is 2.34. The van der Waals surface area contributed by atoms with Gasteiger partial charge < -0.3 is 14.4 Å². The number of carbonyl (C=O) groups is 2. The highest BCUT2D eigenvalue weighted by Crippen LogP contribution is 2.33. The van der Waals surface area contributed by atoms with Crippen molar-refractivity contribution in [1.29, 1.82) is 0 Å². The maximum atomic E-state index is 12.8. The molecule has 1 atom stereocenters. The van der Waals surface area contributed by atoms with E-state index in [1.165, 1.54) is 4.90 Å². The molecule has 0 spiro atoms. The Hall–Kier alpha value is -2.28. The maximum absolute atomic E-state index is 12.8. The predicted octanol–water partition coefficient (Wildman–Crippen LogP) is 2.13. The van der Waals surface area contributed by atoms with Gasteiger partial charge in [0.2, 0.25) is 0 Å². The third-order valence-corrected chi connectivity index (χ3v) is 4.93. The molecular formula is C18H24N2O5. The highest BCUT2D eigenvalue weighted by molar-refractivity contribution is 5.98. The number of nitrogens with one attached hydrogen (secondary N) is 1. The van der Waals surface area contributed by atoms with Gasteiger partial charge in [-0.25, -0.2) is 5.48 Å². The summed E-state index contributed by atoms with van der Waals surface area (Å²) in [5.41, 5.74) is 2.09. The number of ether oxygens (including phenoxy) is 2. The molecule has 25 heavy (non-hydrogen) atoms. The van der Waals surface area contributed by atoms with Gasteiger partial charge in [0, 0.05) is 12.1 Å². The minimum atomic E-state index is -0.640. The molecule has 1 heterocycles. The van der Waals surface area contributed by atoms with Crippen molar-refractivity contribution in [2.24, 2.45) is 0 Å². The van der Waals surface area contributed by atoms with E-state index in [9.17, 15) is 9.59 Å². The molecule has 3 rings (SSSR count). The zero-order valence-electron chi connectivity index (χ0n) is 14.4. The first-order chi connectivity index (χ1) is 12.1. The summed E-state index contributed by atoms with van der Waals surface area (Å²) >= 11 is 0. The molecule has 0 radical (unpaired) electrons. The summed E-state index contributed by atoms with van der Waals surface area (Å²) in [7, 11) is 1.57. The number of hydroxylamine groups is 1. The third kappa shape index (κ3) is 3.71. The van der Waals surface area contributed by atoms with E-state index >= 15 is 0 Å². The van der Waals surface area contributed by atoms with Crippen LogP contribution in [-0.2, 0) is 4.79 Å². The van der Waals surface area contributed by atoms with E-state index in [4.69, 9.17) is 14.7 Å². The Morgan fingerprint density at radius 1 is 1.16 bits per heavy atom. The van der Waals surface area contributed by atoms with Gasteiger partial charge in [0.25, 0.3) is 11.8 Å². The first-order valence-corrected chi connectivity index (χ1v) is 8.73. The Balaban J connectivity index is 1.81. The fourth-order valence-corrected chi connectivity index (χ4v) is 3.61. The molecule has 1 saturated heterocycles. The van der Waals surface area contributed by atoms with Crippen LogP contribution in [0.1, 0.15) is 48.9 Å². The number of likely N-dealkylation sites (tertiary alicyclic amines) is 1. The van der Waals surface area contributed by atoms with Gasteiger partial charge in [0.05, 0.1) is 13.2 Å². The van der Waals surface area contributed by atoms with Crippen molar-refractivity contribution in [2.45, 2.75) is 50.7 Å². The van der Waals surface area contributed by atoms with Crippen LogP contribution in [0.5, 0.6) is 11.5 Å². The van der Waals surface area contributed by atoms with E-state index in [1.54, 1.807) is 30.8 Å². The lowest BCUT2D eigenvalue weighted by molar-refractivity contribution is -0.133. The summed E-state index contributed by atoms with van der Waals surface area (Å²) in [6.45, 7) is 0.488. The quantitative estimate of drug-likeness (QED) is 0.629. The number of rotatable bonds is 5. The SMILES string of the molecule is COc1ccc(C(=O)N2CCC[C@H]2C(=O)NO)cc1OC1CCCC1. The molecule has 0 unspecified atom stereocenters. The Morgan fingerprint density at radius 3 is 2.60 bits per heavy atom. The lowest BCUT2D eigenvalue weighted by Gasteiger charge is -2.23. The number of hydrogen-bond donors (Lipinski definition) is 2. The normalized spacial score (nSPS) is 20.6. The summed E-state index contributed by atoms with van der Waals surface area (Å²) < 4.78 is 11.4. The van der Waals surface area contributed by atoms with Gasteiger partial charge in [-0.05, 0) is 56.7 Å². The topological polar surface area (TPSA) is 88.1 Å². The first-order valence-electron chi connectivity index (χ1n) is 8.73. The van der Waals surface area contributed by atoms with Crippen molar-refractivity contribution in [2.75, 3.05) is 13.7 Å². The average Bonchev–Trinajstić information content (AvgIpc) is 3.32. The summed E-state index contributed by atoms with van der Waals surface area (Å²) in [5, 5.41) is 8.86. The Bertz CT molecular complexity index is 642. The largest absolute Gasteiger partial charge is 0.493 e. The van der Waals surface area contributed by atoms with Crippen LogP contribution in [0.25, 0.3) is 0 Å². The van der Waals surface area contributed by atoms with Crippen LogP contribution < -0.4 is 15.0 Å². The fourth-order valence-electron chi connectivity index (χ4n) is 3.61. The lowest BCUT2D eigenvalue weighted by Crippen LogP contribution is -2.45. The van der Waals surface area contributed by atoms with Gasteiger partial charge in [-0.3, -0.25) is 14.8 Å². The molecule has 1 aliphatic heterocycles. The molecule has 7 heteroatoms. The second-order valence-corrected chi connectivity index (χ2v) is 6.52. The summed E-state index contributed by atoms with van der Waals surface area (Å²) in [4.78, 5) is 26.1. The smallest absolute Gasteiger partial charge is 0.266 e. The Kier molecular flexibility index (Phi) is 5.43. The van der Waals surface area contributed by atoms with Crippen LogP contribution >= 0.6 is 0 Å².